The molecule has 0 unspecified atom stereocenters. The maximum absolute atomic E-state index is 11.6. The topological polar surface area (TPSA) is 54.5 Å². The van der Waals surface area contributed by atoms with E-state index in [9.17, 15) is 4.79 Å². The van der Waals surface area contributed by atoms with Gasteiger partial charge in [-0.1, -0.05) is 23.5 Å². The van der Waals surface area contributed by atoms with Gasteiger partial charge in [-0.25, -0.2) is 4.98 Å². The summed E-state index contributed by atoms with van der Waals surface area (Å²) in [6.45, 7) is 6.32. The number of ether oxygens (including phenoxy) is 1. The van der Waals surface area contributed by atoms with Gasteiger partial charge in [0.25, 0.3) is 0 Å². The monoisotopic (exact) mass is 317 g/mol. The first-order valence-electron chi connectivity index (χ1n) is 7.38. The van der Waals surface area contributed by atoms with Crippen LogP contribution in [-0.4, -0.2) is 42.1 Å². The lowest BCUT2D eigenvalue weighted by atomic mass is 10.2. The van der Waals surface area contributed by atoms with Crippen molar-refractivity contribution in [1.29, 1.82) is 0 Å². The lowest BCUT2D eigenvalue weighted by Gasteiger charge is -2.26. The summed E-state index contributed by atoms with van der Waals surface area (Å²) in [6.07, 6.45) is 3.21. The molecular formula is C16H19N3O2S. The SMILES string of the molecule is C/C=C/C(=O)Nc1nc2ccc(CN3CCOCC3)cc2s1. The van der Waals surface area contributed by atoms with E-state index in [4.69, 9.17) is 4.74 Å². The predicted molar refractivity (Wildman–Crippen MR) is 89.2 cm³/mol. The molecule has 0 atom stereocenters. The van der Waals surface area contributed by atoms with Gasteiger partial charge >= 0.3 is 0 Å². The maximum Gasteiger partial charge on any atom is 0.249 e. The van der Waals surface area contributed by atoms with E-state index in [0.29, 0.717) is 5.13 Å². The first kappa shape index (κ1) is 15.1. The number of nitrogens with zero attached hydrogens (tertiary/aromatic N) is 2. The largest absolute Gasteiger partial charge is 0.379 e. The molecular weight excluding hydrogens is 298 g/mol. The fourth-order valence-corrected chi connectivity index (χ4v) is 3.37. The van der Waals surface area contributed by atoms with E-state index in [1.807, 2.05) is 13.0 Å². The molecule has 1 aliphatic rings. The molecule has 6 heteroatoms. The Balaban J connectivity index is 1.73. The molecule has 0 saturated carbocycles. The number of amides is 1. The fraction of sp³-hybridized carbons (Fsp3) is 0.375. The fourth-order valence-electron chi connectivity index (χ4n) is 2.44. The zero-order valence-electron chi connectivity index (χ0n) is 12.5. The predicted octanol–water partition coefficient (Wildman–Crippen LogP) is 2.64. The number of hydrogen-bond donors (Lipinski definition) is 1. The van der Waals surface area contributed by atoms with Gasteiger partial charge in [0.05, 0.1) is 23.4 Å². The molecule has 1 amide bonds. The second-order valence-electron chi connectivity index (χ2n) is 5.20. The second kappa shape index (κ2) is 7.00. The molecule has 1 aromatic heterocycles. The second-order valence-corrected chi connectivity index (χ2v) is 6.23. The van der Waals surface area contributed by atoms with E-state index in [1.54, 1.807) is 6.08 Å². The summed E-state index contributed by atoms with van der Waals surface area (Å²) in [5.41, 5.74) is 2.19. The number of carbonyl (C=O) groups is 1. The summed E-state index contributed by atoms with van der Waals surface area (Å²) in [5, 5.41) is 3.43. The number of anilines is 1. The van der Waals surface area contributed by atoms with Gasteiger partial charge in [0.15, 0.2) is 5.13 Å². The van der Waals surface area contributed by atoms with Crippen LogP contribution in [0.1, 0.15) is 12.5 Å². The number of morpholine rings is 1. The molecule has 0 aliphatic carbocycles. The molecule has 5 nitrogen and oxygen atoms in total. The van der Waals surface area contributed by atoms with E-state index in [-0.39, 0.29) is 5.91 Å². The zero-order chi connectivity index (χ0) is 15.4. The molecule has 1 saturated heterocycles. The van der Waals surface area contributed by atoms with Gasteiger partial charge in [0.2, 0.25) is 5.91 Å². The van der Waals surface area contributed by atoms with Crippen LogP contribution >= 0.6 is 11.3 Å². The highest BCUT2D eigenvalue weighted by molar-refractivity contribution is 7.22. The average Bonchev–Trinajstić information content (AvgIpc) is 2.90. The number of aromatic nitrogens is 1. The summed E-state index contributed by atoms with van der Waals surface area (Å²) in [4.78, 5) is 18.4. The minimum atomic E-state index is -0.143. The van der Waals surface area contributed by atoms with Crippen molar-refractivity contribution in [1.82, 2.24) is 9.88 Å². The van der Waals surface area contributed by atoms with Crippen molar-refractivity contribution in [3.05, 3.63) is 35.9 Å². The molecule has 2 aromatic rings. The minimum absolute atomic E-state index is 0.143. The van der Waals surface area contributed by atoms with Gasteiger partial charge in [-0.15, -0.1) is 0 Å². The number of hydrogen-bond acceptors (Lipinski definition) is 5. The van der Waals surface area contributed by atoms with Crippen molar-refractivity contribution in [3.8, 4) is 0 Å². The number of thiazole rings is 1. The van der Waals surface area contributed by atoms with Crippen molar-refractivity contribution in [2.45, 2.75) is 13.5 Å². The van der Waals surface area contributed by atoms with Crippen molar-refractivity contribution < 1.29 is 9.53 Å². The van der Waals surface area contributed by atoms with Crippen LogP contribution in [-0.2, 0) is 16.1 Å². The van der Waals surface area contributed by atoms with Gasteiger partial charge in [-0.3, -0.25) is 15.0 Å². The lowest BCUT2D eigenvalue weighted by molar-refractivity contribution is -0.111. The van der Waals surface area contributed by atoms with E-state index >= 15 is 0 Å². The number of rotatable bonds is 4. The summed E-state index contributed by atoms with van der Waals surface area (Å²) < 4.78 is 6.47. The molecule has 116 valence electrons. The summed E-state index contributed by atoms with van der Waals surface area (Å²) in [5.74, 6) is -0.143. The Labute approximate surface area is 133 Å². The van der Waals surface area contributed by atoms with Crippen LogP contribution in [0.15, 0.2) is 30.4 Å². The first-order chi connectivity index (χ1) is 10.7. The third kappa shape index (κ3) is 3.71. The number of carbonyl (C=O) groups excluding carboxylic acids is 1. The average molecular weight is 317 g/mol. The Morgan fingerprint density at radius 3 is 3.05 bits per heavy atom. The van der Waals surface area contributed by atoms with Crippen LogP contribution in [0.5, 0.6) is 0 Å². The molecule has 1 fully saturated rings. The van der Waals surface area contributed by atoms with E-state index in [1.165, 1.54) is 23.0 Å². The van der Waals surface area contributed by atoms with Crippen molar-refractivity contribution in [3.63, 3.8) is 0 Å². The molecule has 1 N–H and O–H groups in total. The molecule has 2 heterocycles. The van der Waals surface area contributed by atoms with Crippen molar-refractivity contribution in [2.75, 3.05) is 31.6 Å². The smallest absolute Gasteiger partial charge is 0.249 e. The number of allylic oxidation sites excluding steroid dienone is 1. The standard InChI is InChI=1S/C16H19N3O2S/c1-2-3-15(20)18-16-17-13-5-4-12(10-14(13)22-16)11-19-6-8-21-9-7-19/h2-5,10H,6-9,11H2,1H3,(H,17,18,20)/b3-2+. The highest BCUT2D eigenvalue weighted by Crippen LogP contribution is 2.27. The van der Waals surface area contributed by atoms with E-state index < -0.39 is 0 Å². The third-order valence-electron chi connectivity index (χ3n) is 3.51. The third-order valence-corrected chi connectivity index (χ3v) is 4.44. The Hall–Kier alpha value is -1.76. The number of fused-ring (bicyclic) bond motifs is 1. The van der Waals surface area contributed by atoms with Crippen LogP contribution in [0.4, 0.5) is 5.13 Å². The summed E-state index contributed by atoms with van der Waals surface area (Å²) >= 11 is 1.51. The first-order valence-corrected chi connectivity index (χ1v) is 8.19. The Kier molecular flexibility index (Phi) is 4.82. The Morgan fingerprint density at radius 1 is 1.45 bits per heavy atom. The van der Waals surface area contributed by atoms with Gasteiger partial charge in [0, 0.05) is 19.6 Å². The lowest BCUT2D eigenvalue weighted by Crippen LogP contribution is -2.35. The van der Waals surface area contributed by atoms with Crippen LogP contribution in [0.2, 0.25) is 0 Å². The van der Waals surface area contributed by atoms with Gasteiger partial charge in [0.1, 0.15) is 0 Å². The maximum atomic E-state index is 11.6. The van der Waals surface area contributed by atoms with Crippen LogP contribution in [0.25, 0.3) is 10.2 Å². The number of nitrogens with one attached hydrogen (secondary N) is 1. The van der Waals surface area contributed by atoms with Crippen LogP contribution in [0, 0.1) is 0 Å². The summed E-state index contributed by atoms with van der Waals surface area (Å²) in [7, 11) is 0. The summed E-state index contributed by atoms with van der Waals surface area (Å²) in [6, 6.07) is 6.29. The molecule has 0 radical (unpaired) electrons. The van der Waals surface area contributed by atoms with E-state index in [2.05, 4.69) is 27.3 Å². The van der Waals surface area contributed by atoms with Crippen LogP contribution < -0.4 is 5.32 Å². The zero-order valence-corrected chi connectivity index (χ0v) is 13.4. The highest BCUT2D eigenvalue weighted by atomic mass is 32.1. The highest BCUT2D eigenvalue weighted by Gasteiger charge is 2.12. The molecule has 1 aliphatic heterocycles. The van der Waals surface area contributed by atoms with Gasteiger partial charge in [-0.05, 0) is 30.7 Å². The molecule has 0 spiro atoms. The molecule has 1 aromatic carbocycles. The van der Waals surface area contributed by atoms with Crippen molar-refractivity contribution >= 4 is 32.6 Å². The Bertz CT molecular complexity index is 690. The quantitative estimate of drug-likeness (QED) is 0.881. The van der Waals surface area contributed by atoms with Crippen molar-refractivity contribution in [2.24, 2.45) is 0 Å². The molecule has 0 bridgehead atoms. The molecule has 3 rings (SSSR count). The molecule has 22 heavy (non-hydrogen) atoms. The van der Waals surface area contributed by atoms with E-state index in [0.717, 1.165) is 43.1 Å². The van der Waals surface area contributed by atoms with Gasteiger partial charge < -0.3 is 4.74 Å². The minimum Gasteiger partial charge on any atom is -0.379 e. The Morgan fingerprint density at radius 2 is 2.27 bits per heavy atom. The normalized spacial score (nSPS) is 16.4. The van der Waals surface area contributed by atoms with Crippen LogP contribution in [0.3, 0.4) is 0 Å². The van der Waals surface area contributed by atoms with Gasteiger partial charge in [-0.2, -0.15) is 0 Å². The number of benzene rings is 1.